The van der Waals surface area contributed by atoms with Crippen molar-refractivity contribution in [1.82, 2.24) is 0 Å². The fourth-order valence-electron chi connectivity index (χ4n) is 0.714. The number of anilines is 2. The van der Waals surface area contributed by atoms with E-state index in [0.717, 1.165) is 0 Å². The second kappa shape index (κ2) is 3.38. The molecular weight excluding hydrogens is 179 g/mol. The molecule has 1 atom stereocenters. The van der Waals surface area contributed by atoms with Gasteiger partial charge in [-0.2, -0.15) is 0 Å². The van der Waals surface area contributed by atoms with Gasteiger partial charge in [0, 0.05) is 16.3 Å². The minimum absolute atomic E-state index is 0.124. The van der Waals surface area contributed by atoms with Crippen LogP contribution in [0.25, 0.3) is 0 Å². The first kappa shape index (κ1) is 8.77. The fraction of sp³-hybridized carbons (Fsp3) is 0. The minimum Gasteiger partial charge on any atom is -0.399 e. The molecule has 0 aliphatic heterocycles. The highest BCUT2D eigenvalue weighted by Crippen LogP contribution is 2.30. The van der Waals surface area contributed by atoms with Crippen LogP contribution in [0.1, 0.15) is 0 Å². The molecule has 12 heavy (non-hydrogen) atoms. The quantitative estimate of drug-likeness (QED) is 0.471. The van der Waals surface area contributed by atoms with Gasteiger partial charge in [0.05, 0.1) is 5.69 Å². The van der Waals surface area contributed by atoms with Gasteiger partial charge < -0.3 is 11.5 Å². The molecule has 1 unspecified atom stereocenters. The van der Waals surface area contributed by atoms with Gasteiger partial charge >= 0.3 is 8.25 Å². The summed E-state index contributed by atoms with van der Waals surface area (Å²) in [5.74, 6) is 0.124. The van der Waals surface area contributed by atoms with Crippen LogP contribution in [-0.2, 0) is 4.57 Å². The van der Waals surface area contributed by atoms with Crippen LogP contribution in [0, 0.1) is 0 Å². The first-order valence-corrected chi connectivity index (χ1v) is 4.21. The third-order valence-electron chi connectivity index (χ3n) is 1.21. The lowest BCUT2D eigenvalue weighted by Crippen LogP contribution is -1.92. The van der Waals surface area contributed by atoms with Crippen molar-refractivity contribution in [2.24, 2.45) is 0 Å². The fourth-order valence-corrected chi connectivity index (χ4v) is 1.04. The zero-order valence-electron chi connectivity index (χ0n) is 6.10. The van der Waals surface area contributed by atoms with E-state index in [1.54, 1.807) is 6.07 Å². The summed E-state index contributed by atoms with van der Waals surface area (Å²) in [6, 6.07) is 4.47. The zero-order chi connectivity index (χ0) is 9.14. The molecule has 1 aromatic rings. The number of hydrogen-bond acceptors (Lipinski definition) is 4. The highest BCUT2D eigenvalue weighted by molar-refractivity contribution is 7.32. The zero-order valence-corrected chi connectivity index (χ0v) is 6.99. The summed E-state index contributed by atoms with van der Waals surface area (Å²) in [5, 5.41) is 0. The average Bonchev–Trinajstić information content (AvgIpc) is 1.96. The normalized spacial score (nSPS) is 10.9. The topological polar surface area (TPSA) is 98.6 Å². The maximum absolute atomic E-state index is 10.3. The summed E-state index contributed by atoms with van der Waals surface area (Å²) in [5.41, 5.74) is 11.5. The standard InChI is InChI=1S/C6H7N2O3P/c7-4-1-2-5(8)6(3-4)11-12(9)10/h1-3H,7-8H2/p+1. The Morgan fingerprint density at radius 3 is 2.67 bits per heavy atom. The van der Waals surface area contributed by atoms with Gasteiger partial charge in [0.15, 0.2) is 0 Å². The lowest BCUT2D eigenvalue weighted by Gasteiger charge is -1.98. The van der Waals surface area contributed by atoms with Crippen molar-refractivity contribution in [2.75, 3.05) is 11.5 Å². The molecule has 0 spiro atoms. The second-order valence-corrected chi connectivity index (χ2v) is 2.78. The highest BCUT2D eigenvalue weighted by Gasteiger charge is 2.16. The number of nitrogens with two attached hydrogens (primary N) is 2. The van der Waals surface area contributed by atoms with Crippen LogP contribution in [0.5, 0.6) is 5.75 Å². The third-order valence-corrected chi connectivity index (χ3v) is 1.57. The molecule has 0 amide bonds. The van der Waals surface area contributed by atoms with Crippen LogP contribution >= 0.6 is 8.25 Å². The molecule has 0 bridgehead atoms. The van der Waals surface area contributed by atoms with E-state index in [1.807, 2.05) is 0 Å². The van der Waals surface area contributed by atoms with Crippen LogP contribution in [0.15, 0.2) is 18.2 Å². The van der Waals surface area contributed by atoms with E-state index in [9.17, 15) is 4.57 Å². The molecule has 6 heteroatoms. The van der Waals surface area contributed by atoms with Gasteiger partial charge in [0.25, 0.3) is 0 Å². The van der Waals surface area contributed by atoms with E-state index in [4.69, 9.17) is 16.4 Å². The minimum atomic E-state index is -2.69. The van der Waals surface area contributed by atoms with E-state index in [-0.39, 0.29) is 11.4 Å². The van der Waals surface area contributed by atoms with E-state index >= 15 is 0 Å². The van der Waals surface area contributed by atoms with Gasteiger partial charge in [-0.3, -0.25) is 0 Å². The number of benzene rings is 1. The molecule has 1 rings (SSSR count). The molecular formula is C6H8N2O3P+. The van der Waals surface area contributed by atoms with E-state index in [0.29, 0.717) is 5.69 Å². The van der Waals surface area contributed by atoms with E-state index < -0.39 is 8.25 Å². The predicted molar refractivity (Wildman–Crippen MR) is 45.7 cm³/mol. The molecule has 0 fully saturated rings. The Morgan fingerprint density at radius 1 is 1.42 bits per heavy atom. The lowest BCUT2D eigenvalue weighted by molar-refractivity contribution is 0.411. The van der Waals surface area contributed by atoms with Crippen molar-refractivity contribution >= 4 is 19.6 Å². The van der Waals surface area contributed by atoms with E-state index in [1.165, 1.54) is 12.1 Å². The molecule has 5 N–H and O–H groups in total. The van der Waals surface area contributed by atoms with Crippen LogP contribution in [-0.4, -0.2) is 4.89 Å². The van der Waals surface area contributed by atoms with Crippen molar-refractivity contribution in [3.8, 4) is 5.75 Å². The first-order valence-electron chi connectivity index (χ1n) is 3.08. The molecule has 0 saturated carbocycles. The van der Waals surface area contributed by atoms with E-state index in [2.05, 4.69) is 4.52 Å². The Hall–Kier alpha value is -1.32. The first-order chi connectivity index (χ1) is 5.59. The van der Waals surface area contributed by atoms with Gasteiger partial charge in [-0.05, 0) is 12.1 Å². The Morgan fingerprint density at radius 2 is 2.08 bits per heavy atom. The molecule has 0 saturated heterocycles. The Kier molecular flexibility index (Phi) is 2.47. The number of nitrogen functional groups attached to an aromatic ring is 2. The maximum Gasteiger partial charge on any atom is 0.747 e. The Labute approximate surface area is 69.9 Å². The smallest absolute Gasteiger partial charge is 0.399 e. The van der Waals surface area contributed by atoms with Gasteiger partial charge in [-0.1, -0.05) is 0 Å². The molecule has 0 heterocycles. The second-order valence-electron chi connectivity index (χ2n) is 2.13. The van der Waals surface area contributed by atoms with Crippen molar-refractivity contribution in [3.63, 3.8) is 0 Å². The van der Waals surface area contributed by atoms with Crippen LogP contribution in [0.2, 0.25) is 0 Å². The molecule has 0 aliphatic rings. The third kappa shape index (κ3) is 2.08. The lowest BCUT2D eigenvalue weighted by atomic mass is 10.3. The molecule has 0 radical (unpaired) electrons. The molecule has 0 aliphatic carbocycles. The summed E-state index contributed by atoms with van der Waals surface area (Å²) in [6.45, 7) is 0. The molecule has 0 aromatic heterocycles. The van der Waals surface area contributed by atoms with Gasteiger partial charge in [0.1, 0.15) is 0 Å². The number of hydrogen-bond donors (Lipinski definition) is 3. The van der Waals surface area contributed by atoms with Gasteiger partial charge in [0.2, 0.25) is 5.75 Å². The summed E-state index contributed by atoms with van der Waals surface area (Å²) >= 11 is 0. The monoisotopic (exact) mass is 187 g/mol. The summed E-state index contributed by atoms with van der Waals surface area (Å²) in [4.78, 5) is 8.41. The Balaban J connectivity index is 2.97. The summed E-state index contributed by atoms with van der Waals surface area (Å²) < 4.78 is 14.7. The van der Waals surface area contributed by atoms with Crippen molar-refractivity contribution in [1.29, 1.82) is 0 Å². The highest BCUT2D eigenvalue weighted by atomic mass is 31.1. The van der Waals surface area contributed by atoms with Gasteiger partial charge in [-0.15, -0.1) is 4.89 Å². The number of rotatable bonds is 2. The largest absolute Gasteiger partial charge is 0.747 e. The van der Waals surface area contributed by atoms with Crippen LogP contribution < -0.4 is 16.0 Å². The summed E-state index contributed by atoms with van der Waals surface area (Å²) in [6.07, 6.45) is 0. The summed E-state index contributed by atoms with van der Waals surface area (Å²) in [7, 11) is -2.69. The SMILES string of the molecule is Nc1ccc(N)c(O[P+](=O)O)c1. The van der Waals surface area contributed by atoms with Crippen molar-refractivity contribution in [2.45, 2.75) is 0 Å². The van der Waals surface area contributed by atoms with Crippen molar-refractivity contribution < 1.29 is 14.0 Å². The molecule has 64 valence electrons. The molecule has 1 aromatic carbocycles. The van der Waals surface area contributed by atoms with Crippen LogP contribution in [0.4, 0.5) is 11.4 Å². The van der Waals surface area contributed by atoms with Gasteiger partial charge in [-0.25, -0.2) is 4.52 Å². The Bertz CT molecular complexity index is 316. The average molecular weight is 187 g/mol. The molecule has 5 nitrogen and oxygen atoms in total. The predicted octanol–water partition coefficient (Wildman–Crippen LogP) is 0.879. The van der Waals surface area contributed by atoms with Crippen molar-refractivity contribution in [3.05, 3.63) is 18.2 Å². The van der Waals surface area contributed by atoms with Crippen LogP contribution in [0.3, 0.4) is 0 Å². The maximum atomic E-state index is 10.3.